The maximum absolute atomic E-state index is 12.2. The van der Waals surface area contributed by atoms with Crippen LogP contribution in [0.2, 0.25) is 0 Å². The summed E-state index contributed by atoms with van der Waals surface area (Å²) in [6.07, 6.45) is 1.73. The Kier molecular flexibility index (Phi) is 4.99. The first-order valence-corrected chi connectivity index (χ1v) is 7.56. The van der Waals surface area contributed by atoms with Crippen molar-refractivity contribution in [3.05, 3.63) is 35.4 Å². The van der Waals surface area contributed by atoms with Crippen LogP contribution in [0, 0.1) is 5.92 Å². The lowest BCUT2D eigenvalue weighted by molar-refractivity contribution is -0.131. The number of ether oxygens (including phenoxy) is 1. The molecule has 0 aliphatic carbocycles. The summed E-state index contributed by atoms with van der Waals surface area (Å²) < 4.78 is 5.25. The van der Waals surface area contributed by atoms with Gasteiger partial charge in [-0.05, 0) is 37.3 Å². The fourth-order valence-corrected chi connectivity index (χ4v) is 2.47. The molecule has 0 spiro atoms. The second kappa shape index (κ2) is 6.74. The number of rotatable bonds is 5. The third-order valence-electron chi connectivity index (χ3n) is 3.75. The summed E-state index contributed by atoms with van der Waals surface area (Å²) in [6, 6.07) is 7.37. The van der Waals surface area contributed by atoms with Gasteiger partial charge in [0.1, 0.15) is 0 Å². The van der Waals surface area contributed by atoms with Crippen LogP contribution in [0.15, 0.2) is 24.3 Å². The minimum atomic E-state index is -0.714. The molecule has 0 saturated carbocycles. The van der Waals surface area contributed by atoms with Crippen molar-refractivity contribution in [2.45, 2.75) is 52.2 Å². The molecule has 1 aliphatic heterocycles. The third-order valence-corrected chi connectivity index (χ3v) is 3.75. The van der Waals surface area contributed by atoms with E-state index in [1.807, 2.05) is 19.1 Å². The van der Waals surface area contributed by atoms with E-state index >= 15 is 0 Å². The molecule has 1 amide bonds. The first-order chi connectivity index (χ1) is 9.97. The lowest BCUT2D eigenvalue weighted by Crippen LogP contribution is -2.45. The van der Waals surface area contributed by atoms with E-state index in [1.54, 1.807) is 12.1 Å². The lowest BCUT2D eigenvalue weighted by Gasteiger charge is -2.25. The van der Waals surface area contributed by atoms with Gasteiger partial charge in [-0.3, -0.25) is 4.79 Å². The first kappa shape index (κ1) is 15.5. The lowest BCUT2D eigenvalue weighted by atomic mass is 9.98. The standard InChI is InChI=1S/C17H23NO3/c1-11(2)8-9-12(3)18-16(19)15-10-13-6-4-5-7-14(13)17(20)21-15/h4-7,11-12,15H,8-10H2,1-3H3,(H,18,19)/t12-,15+/m0/s1. The highest BCUT2D eigenvalue weighted by Gasteiger charge is 2.31. The molecule has 0 fully saturated rings. The fraction of sp³-hybridized carbons (Fsp3) is 0.529. The number of cyclic esters (lactones) is 1. The van der Waals surface area contributed by atoms with Gasteiger partial charge in [0.2, 0.25) is 0 Å². The normalized spacial score (nSPS) is 18.9. The van der Waals surface area contributed by atoms with Gasteiger partial charge in [-0.1, -0.05) is 32.0 Å². The molecule has 114 valence electrons. The molecule has 2 atom stereocenters. The summed E-state index contributed by atoms with van der Waals surface area (Å²) in [6.45, 7) is 6.31. The predicted octanol–water partition coefficient (Wildman–Crippen LogP) is 2.71. The van der Waals surface area contributed by atoms with Crippen molar-refractivity contribution in [1.82, 2.24) is 5.32 Å². The Morgan fingerprint density at radius 2 is 2.00 bits per heavy atom. The summed E-state index contributed by atoms with van der Waals surface area (Å²) in [5, 5.41) is 2.94. The largest absolute Gasteiger partial charge is 0.448 e. The Labute approximate surface area is 125 Å². The highest BCUT2D eigenvalue weighted by Crippen LogP contribution is 2.20. The van der Waals surface area contributed by atoms with Crippen LogP contribution in [0.3, 0.4) is 0 Å². The van der Waals surface area contributed by atoms with Gasteiger partial charge in [-0.25, -0.2) is 4.79 Å². The van der Waals surface area contributed by atoms with E-state index in [1.165, 1.54) is 0 Å². The number of fused-ring (bicyclic) bond motifs is 1. The molecule has 0 saturated heterocycles. The van der Waals surface area contributed by atoms with Crippen molar-refractivity contribution in [2.24, 2.45) is 5.92 Å². The van der Waals surface area contributed by atoms with E-state index < -0.39 is 12.1 Å². The highest BCUT2D eigenvalue weighted by atomic mass is 16.5. The zero-order valence-corrected chi connectivity index (χ0v) is 12.9. The Morgan fingerprint density at radius 1 is 1.29 bits per heavy atom. The number of nitrogens with one attached hydrogen (secondary N) is 1. The molecule has 0 unspecified atom stereocenters. The average molecular weight is 289 g/mol. The summed E-state index contributed by atoms with van der Waals surface area (Å²) in [7, 11) is 0. The number of amides is 1. The molecular weight excluding hydrogens is 266 g/mol. The van der Waals surface area contributed by atoms with Crippen LogP contribution in [0.4, 0.5) is 0 Å². The maximum Gasteiger partial charge on any atom is 0.339 e. The highest BCUT2D eigenvalue weighted by molar-refractivity contribution is 5.95. The molecule has 2 rings (SSSR count). The molecule has 1 aromatic carbocycles. The van der Waals surface area contributed by atoms with Crippen molar-refractivity contribution in [3.8, 4) is 0 Å². The molecule has 4 heteroatoms. The molecule has 0 aromatic heterocycles. The quantitative estimate of drug-likeness (QED) is 0.848. The van der Waals surface area contributed by atoms with Crippen LogP contribution in [0.5, 0.6) is 0 Å². The third kappa shape index (κ3) is 4.06. The van der Waals surface area contributed by atoms with Crippen LogP contribution < -0.4 is 5.32 Å². The van der Waals surface area contributed by atoms with E-state index in [4.69, 9.17) is 4.74 Å². The molecule has 1 N–H and O–H groups in total. The van der Waals surface area contributed by atoms with E-state index in [0.717, 1.165) is 18.4 Å². The van der Waals surface area contributed by atoms with Crippen LogP contribution in [-0.2, 0) is 16.0 Å². The van der Waals surface area contributed by atoms with Gasteiger partial charge in [-0.15, -0.1) is 0 Å². The summed E-state index contributed by atoms with van der Waals surface area (Å²) in [5.74, 6) is 0.00433. The minimum absolute atomic E-state index is 0.0933. The zero-order chi connectivity index (χ0) is 15.4. The summed E-state index contributed by atoms with van der Waals surface area (Å²) in [5.41, 5.74) is 1.44. The van der Waals surface area contributed by atoms with Gasteiger partial charge in [0, 0.05) is 12.5 Å². The Balaban J connectivity index is 1.94. The number of carbonyl (C=O) groups is 2. The number of esters is 1. The zero-order valence-electron chi connectivity index (χ0n) is 12.9. The number of hydrogen-bond acceptors (Lipinski definition) is 3. The first-order valence-electron chi connectivity index (χ1n) is 7.56. The molecule has 0 bridgehead atoms. The van der Waals surface area contributed by atoms with Crippen molar-refractivity contribution in [3.63, 3.8) is 0 Å². The monoisotopic (exact) mass is 289 g/mol. The van der Waals surface area contributed by atoms with Crippen LogP contribution in [0.1, 0.15) is 49.5 Å². The summed E-state index contributed by atoms with van der Waals surface area (Å²) >= 11 is 0. The smallest absolute Gasteiger partial charge is 0.339 e. The minimum Gasteiger partial charge on any atom is -0.448 e. The second-order valence-corrected chi connectivity index (χ2v) is 6.14. The van der Waals surface area contributed by atoms with Crippen molar-refractivity contribution < 1.29 is 14.3 Å². The van der Waals surface area contributed by atoms with Crippen molar-refractivity contribution in [2.75, 3.05) is 0 Å². The van der Waals surface area contributed by atoms with Crippen molar-refractivity contribution >= 4 is 11.9 Å². The SMILES string of the molecule is CC(C)CC[C@H](C)NC(=O)[C@H]1Cc2ccccc2C(=O)O1. The molecule has 1 heterocycles. The number of carbonyl (C=O) groups excluding carboxylic acids is 2. The van der Waals surface area contributed by atoms with Gasteiger partial charge in [0.15, 0.2) is 6.10 Å². The van der Waals surface area contributed by atoms with Gasteiger partial charge >= 0.3 is 5.97 Å². The van der Waals surface area contributed by atoms with E-state index in [9.17, 15) is 9.59 Å². The summed E-state index contributed by atoms with van der Waals surface area (Å²) in [4.78, 5) is 24.1. The predicted molar refractivity (Wildman–Crippen MR) is 81.0 cm³/mol. The van der Waals surface area contributed by atoms with Crippen LogP contribution >= 0.6 is 0 Å². The molecule has 21 heavy (non-hydrogen) atoms. The molecular formula is C17H23NO3. The van der Waals surface area contributed by atoms with E-state index in [2.05, 4.69) is 19.2 Å². The fourth-order valence-electron chi connectivity index (χ4n) is 2.47. The molecule has 1 aromatic rings. The van der Waals surface area contributed by atoms with Gasteiger partial charge in [-0.2, -0.15) is 0 Å². The van der Waals surface area contributed by atoms with Crippen LogP contribution in [-0.4, -0.2) is 24.0 Å². The van der Waals surface area contributed by atoms with E-state index in [-0.39, 0.29) is 11.9 Å². The van der Waals surface area contributed by atoms with Gasteiger partial charge in [0.25, 0.3) is 5.91 Å². The van der Waals surface area contributed by atoms with Crippen LogP contribution in [0.25, 0.3) is 0 Å². The Morgan fingerprint density at radius 3 is 2.71 bits per heavy atom. The van der Waals surface area contributed by atoms with E-state index in [0.29, 0.717) is 17.9 Å². The average Bonchev–Trinajstić information content (AvgIpc) is 2.45. The van der Waals surface area contributed by atoms with Gasteiger partial charge in [0.05, 0.1) is 5.56 Å². The Hall–Kier alpha value is -1.84. The number of benzene rings is 1. The van der Waals surface area contributed by atoms with Crippen molar-refractivity contribution in [1.29, 1.82) is 0 Å². The second-order valence-electron chi connectivity index (χ2n) is 6.14. The number of hydrogen-bond donors (Lipinski definition) is 1. The molecule has 1 aliphatic rings. The topological polar surface area (TPSA) is 55.4 Å². The van der Waals surface area contributed by atoms with Gasteiger partial charge < -0.3 is 10.1 Å². The molecule has 0 radical (unpaired) electrons. The maximum atomic E-state index is 12.2. The Bertz CT molecular complexity index is 525. The molecule has 4 nitrogen and oxygen atoms in total.